The summed E-state index contributed by atoms with van der Waals surface area (Å²) in [7, 11) is 0. The second-order valence-electron chi connectivity index (χ2n) is 8.44. The lowest BCUT2D eigenvalue weighted by atomic mass is 9.65. The molecule has 1 aliphatic heterocycles. The number of anilines is 1. The van der Waals surface area contributed by atoms with Crippen LogP contribution in [0.4, 0.5) is 5.00 Å². The van der Waals surface area contributed by atoms with E-state index in [1.54, 1.807) is 0 Å². The number of hydrogen-bond donors (Lipinski definition) is 1. The van der Waals surface area contributed by atoms with Crippen LogP contribution in [0, 0.1) is 11.8 Å². The standard InChI is InChI=1S/C23H25N3OS/c1-2-6-18(7-3-1)16-25-23(15-17-10-12-20(23)13-11-17)27-24-26(25)22-14-19-8-4-5-9-21(19)28-22/h1-9,14,17,20,24H,10-13,15-16H2. The van der Waals surface area contributed by atoms with Crippen molar-refractivity contribution in [3.05, 3.63) is 66.2 Å². The van der Waals surface area contributed by atoms with Crippen molar-refractivity contribution in [2.45, 2.75) is 44.4 Å². The van der Waals surface area contributed by atoms with Gasteiger partial charge < -0.3 is 0 Å². The number of fused-ring (bicyclic) bond motifs is 3. The average molecular weight is 392 g/mol. The number of hydrogen-bond acceptors (Lipinski definition) is 5. The SMILES string of the molecule is c1ccc(CN2N(c3cc4ccccc4s3)NOC23CC2CCC3CC2)cc1. The zero-order valence-corrected chi connectivity index (χ0v) is 16.7. The Morgan fingerprint density at radius 3 is 2.54 bits per heavy atom. The molecule has 4 nitrogen and oxygen atoms in total. The fraction of sp³-hybridized carbons (Fsp3) is 0.391. The summed E-state index contributed by atoms with van der Waals surface area (Å²) in [5.74, 6) is 1.38. The number of nitrogens with one attached hydrogen (secondary N) is 1. The number of nitrogens with zero attached hydrogens (tertiary/aromatic N) is 2. The third-order valence-electron chi connectivity index (χ3n) is 6.85. The minimum atomic E-state index is -0.229. The van der Waals surface area contributed by atoms with Crippen molar-refractivity contribution >= 4 is 26.4 Å². The predicted octanol–water partition coefficient (Wildman–Crippen LogP) is 5.48. The number of benzene rings is 2. The predicted molar refractivity (Wildman–Crippen MR) is 113 cm³/mol. The molecule has 1 N–H and O–H groups in total. The lowest BCUT2D eigenvalue weighted by Crippen LogP contribution is -2.59. The molecule has 144 valence electrons. The zero-order valence-electron chi connectivity index (χ0n) is 15.9. The van der Waals surface area contributed by atoms with E-state index in [4.69, 9.17) is 4.84 Å². The summed E-state index contributed by atoms with van der Waals surface area (Å²) in [4.78, 5) is 6.47. The van der Waals surface area contributed by atoms with E-state index < -0.39 is 0 Å². The first kappa shape index (κ1) is 17.0. The first-order valence-corrected chi connectivity index (χ1v) is 11.2. The van der Waals surface area contributed by atoms with Gasteiger partial charge in [0.05, 0.1) is 0 Å². The van der Waals surface area contributed by atoms with Gasteiger partial charge in [0, 0.05) is 17.2 Å². The Morgan fingerprint density at radius 1 is 1.00 bits per heavy atom. The molecule has 28 heavy (non-hydrogen) atoms. The highest BCUT2D eigenvalue weighted by Gasteiger charge is 2.58. The van der Waals surface area contributed by atoms with E-state index in [9.17, 15) is 0 Å². The monoisotopic (exact) mass is 391 g/mol. The zero-order chi connectivity index (χ0) is 18.6. The lowest BCUT2D eigenvalue weighted by Gasteiger charge is -2.51. The second kappa shape index (κ2) is 6.56. The van der Waals surface area contributed by atoms with Gasteiger partial charge in [-0.3, -0.25) is 4.84 Å². The van der Waals surface area contributed by atoms with Crippen LogP contribution >= 0.6 is 11.3 Å². The molecule has 0 radical (unpaired) electrons. The molecule has 1 aromatic heterocycles. The maximum Gasteiger partial charge on any atom is 0.166 e. The molecule has 7 rings (SSSR count). The van der Waals surface area contributed by atoms with E-state index in [0.29, 0.717) is 5.92 Å². The lowest BCUT2D eigenvalue weighted by molar-refractivity contribution is -0.201. The van der Waals surface area contributed by atoms with Crippen molar-refractivity contribution in [2.24, 2.45) is 11.8 Å². The van der Waals surface area contributed by atoms with Gasteiger partial charge in [-0.1, -0.05) is 54.1 Å². The third-order valence-corrected chi connectivity index (χ3v) is 7.94. The molecular formula is C23H25N3OS. The normalized spacial score (nSPS) is 29.9. The minimum Gasteiger partial charge on any atom is -0.256 e. The van der Waals surface area contributed by atoms with Gasteiger partial charge in [0.1, 0.15) is 5.00 Å². The maximum absolute atomic E-state index is 6.47. The molecule has 2 heterocycles. The molecule has 5 heteroatoms. The van der Waals surface area contributed by atoms with E-state index in [1.165, 1.54) is 46.3 Å². The fourth-order valence-corrected chi connectivity index (χ4v) is 6.45. The minimum absolute atomic E-state index is 0.229. The second-order valence-corrected chi connectivity index (χ2v) is 9.50. The van der Waals surface area contributed by atoms with Crippen LogP contribution in [0.5, 0.6) is 0 Å². The summed E-state index contributed by atoms with van der Waals surface area (Å²) < 4.78 is 1.31. The molecule has 4 aliphatic rings. The smallest absolute Gasteiger partial charge is 0.166 e. The number of thiophene rings is 1. The highest BCUT2D eigenvalue weighted by atomic mass is 32.1. The molecule has 1 unspecified atom stereocenters. The molecule has 1 saturated heterocycles. The summed E-state index contributed by atoms with van der Waals surface area (Å²) in [5.41, 5.74) is 4.41. The molecule has 2 aromatic carbocycles. The van der Waals surface area contributed by atoms with E-state index >= 15 is 0 Å². The van der Waals surface area contributed by atoms with Crippen LogP contribution in [-0.4, -0.2) is 10.7 Å². The Morgan fingerprint density at radius 2 is 1.79 bits per heavy atom. The summed E-state index contributed by atoms with van der Waals surface area (Å²) in [5, 5.41) is 7.13. The van der Waals surface area contributed by atoms with Crippen molar-refractivity contribution < 1.29 is 4.84 Å². The highest BCUT2D eigenvalue weighted by Crippen LogP contribution is 2.53. The first-order valence-electron chi connectivity index (χ1n) is 10.4. The molecule has 4 fully saturated rings. The van der Waals surface area contributed by atoms with Gasteiger partial charge >= 0.3 is 0 Å². The maximum atomic E-state index is 6.47. The van der Waals surface area contributed by atoms with Crippen LogP contribution in [0.15, 0.2) is 60.7 Å². The molecular weight excluding hydrogens is 366 g/mol. The molecule has 3 aliphatic carbocycles. The van der Waals surface area contributed by atoms with Gasteiger partial charge in [-0.15, -0.1) is 11.3 Å². The van der Waals surface area contributed by atoms with Crippen LogP contribution in [0.1, 0.15) is 37.7 Å². The molecule has 0 amide bonds. The van der Waals surface area contributed by atoms with Crippen molar-refractivity contribution in [3.63, 3.8) is 0 Å². The first-order chi connectivity index (χ1) is 13.8. The van der Waals surface area contributed by atoms with Crippen LogP contribution in [0.25, 0.3) is 10.1 Å². The average Bonchev–Trinajstić information content (AvgIpc) is 3.32. The number of hydrazine groups is 2. The Labute approximate surface area is 169 Å². The van der Waals surface area contributed by atoms with Gasteiger partial charge in [-0.25, -0.2) is 5.12 Å². The third kappa shape index (κ3) is 2.61. The van der Waals surface area contributed by atoms with Crippen molar-refractivity contribution in [1.29, 1.82) is 0 Å². The van der Waals surface area contributed by atoms with Crippen LogP contribution < -0.4 is 10.7 Å². The molecule has 2 bridgehead atoms. The van der Waals surface area contributed by atoms with Crippen LogP contribution in [0.2, 0.25) is 0 Å². The van der Waals surface area contributed by atoms with Crippen molar-refractivity contribution in [2.75, 3.05) is 5.12 Å². The van der Waals surface area contributed by atoms with Gasteiger partial charge in [0.2, 0.25) is 0 Å². The Hall–Kier alpha value is -1.92. The molecule has 1 atom stereocenters. The summed E-state index contributed by atoms with van der Waals surface area (Å²) in [6.45, 7) is 0.852. The summed E-state index contributed by atoms with van der Waals surface area (Å²) >= 11 is 1.82. The topological polar surface area (TPSA) is 27.7 Å². The van der Waals surface area contributed by atoms with Crippen molar-refractivity contribution in [1.82, 2.24) is 10.6 Å². The van der Waals surface area contributed by atoms with E-state index in [-0.39, 0.29) is 5.72 Å². The largest absolute Gasteiger partial charge is 0.256 e. The van der Waals surface area contributed by atoms with Gasteiger partial charge in [-0.05, 0) is 61.1 Å². The Balaban J connectivity index is 1.41. The molecule has 1 spiro atoms. The summed E-state index contributed by atoms with van der Waals surface area (Å²) in [6, 6.07) is 21.7. The van der Waals surface area contributed by atoms with E-state index in [1.807, 2.05) is 11.3 Å². The quantitative estimate of drug-likeness (QED) is 0.640. The highest BCUT2D eigenvalue weighted by molar-refractivity contribution is 7.22. The fourth-order valence-electron chi connectivity index (χ4n) is 5.43. The van der Waals surface area contributed by atoms with Crippen LogP contribution in [0.3, 0.4) is 0 Å². The van der Waals surface area contributed by atoms with Gasteiger partial charge in [0.15, 0.2) is 5.72 Å². The number of rotatable bonds is 3. The summed E-state index contributed by atoms with van der Waals surface area (Å²) in [6.07, 6.45) is 6.39. The Kier molecular flexibility index (Phi) is 3.98. The molecule has 3 saturated carbocycles. The van der Waals surface area contributed by atoms with Crippen LogP contribution in [-0.2, 0) is 11.4 Å². The van der Waals surface area contributed by atoms with Crippen molar-refractivity contribution in [3.8, 4) is 0 Å². The van der Waals surface area contributed by atoms with E-state index in [0.717, 1.165) is 18.9 Å². The van der Waals surface area contributed by atoms with Gasteiger partial charge in [-0.2, -0.15) is 5.01 Å². The molecule has 3 aromatic rings. The Bertz CT molecular complexity index is 949. The van der Waals surface area contributed by atoms with Gasteiger partial charge in [0.25, 0.3) is 0 Å². The van der Waals surface area contributed by atoms with E-state index in [2.05, 4.69) is 76.4 Å².